The van der Waals surface area contributed by atoms with Gasteiger partial charge in [-0.1, -0.05) is 37.5 Å². The van der Waals surface area contributed by atoms with Crippen LogP contribution in [0.5, 0.6) is 0 Å². The lowest BCUT2D eigenvalue weighted by Gasteiger charge is -2.30. The Hall–Kier alpha value is -3.10. The molecule has 1 aromatic heterocycles. The Morgan fingerprint density at radius 2 is 1.97 bits per heavy atom. The van der Waals surface area contributed by atoms with Crippen molar-refractivity contribution in [2.75, 3.05) is 30.4 Å². The number of anilines is 2. The highest BCUT2D eigenvalue weighted by Crippen LogP contribution is 2.34. The first-order valence-electron chi connectivity index (χ1n) is 12.1. The highest BCUT2D eigenvalue weighted by molar-refractivity contribution is 7.14. The van der Waals surface area contributed by atoms with Crippen LogP contribution >= 0.6 is 11.3 Å². The quantitative estimate of drug-likeness (QED) is 0.504. The van der Waals surface area contributed by atoms with Crippen LogP contribution in [0.2, 0.25) is 0 Å². The lowest BCUT2D eigenvalue weighted by atomic mass is 9.94. The Kier molecular flexibility index (Phi) is 6.92. The molecular weight excluding hydrogens is 463 g/mol. The molecule has 35 heavy (non-hydrogen) atoms. The Morgan fingerprint density at radius 1 is 1.17 bits per heavy atom. The predicted molar refractivity (Wildman–Crippen MR) is 137 cm³/mol. The summed E-state index contributed by atoms with van der Waals surface area (Å²) in [6.07, 6.45) is 6.79. The third-order valence-corrected chi connectivity index (χ3v) is 7.72. The molecule has 0 radical (unpaired) electrons. The fourth-order valence-electron chi connectivity index (χ4n) is 5.05. The Balaban J connectivity index is 1.24. The second-order valence-electron chi connectivity index (χ2n) is 9.32. The van der Waals surface area contributed by atoms with Gasteiger partial charge in [-0.25, -0.2) is 9.37 Å². The van der Waals surface area contributed by atoms with Crippen LogP contribution in [0.1, 0.15) is 48.0 Å². The highest BCUT2D eigenvalue weighted by Gasteiger charge is 2.27. The Bertz CT molecular complexity index is 1240. The molecule has 0 spiro atoms. The molecule has 1 aliphatic heterocycles. The second-order valence-corrected chi connectivity index (χ2v) is 10.2. The first-order valence-corrected chi connectivity index (χ1v) is 13.0. The standard InChI is InChI=1S/C27H29FN4O2S/c1-31(20-7-3-2-4-8-20)16-25(33)30-27-29-23(17-35-27)18-11-12-24-19(15-18)13-14-32(24)26(34)21-9-5-6-10-22(21)28/h5-6,9-12,15,17,20H,2-4,7-8,13-14,16H2,1H3,(H,29,30,33). The number of nitrogens with zero attached hydrogens (tertiary/aromatic N) is 3. The number of amides is 2. The van der Waals surface area contributed by atoms with Gasteiger partial charge in [0, 0.05) is 29.2 Å². The van der Waals surface area contributed by atoms with E-state index in [4.69, 9.17) is 0 Å². The van der Waals surface area contributed by atoms with E-state index in [0.29, 0.717) is 30.7 Å². The van der Waals surface area contributed by atoms with Gasteiger partial charge in [-0.05, 0) is 56.1 Å². The first kappa shape index (κ1) is 23.6. The summed E-state index contributed by atoms with van der Waals surface area (Å²) in [5, 5.41) is 5.45. The van der Waals surface area contributed by atoms with Crippen molar-refractivity contribution >= 4 is 34.0 Å². The molecule has 2 aliphatic rings. The third kappa shape index (κ3) is 5.13. The molecule has 2 heterocycles. The highest BCUT2D eigenvalue weighted by atomic mass is 32.1. The van der Waals surface area contributed by atoms with E-state index in [0.717, 1.165) is 35.3 Å². The molecule has 1 aliphatic carbocycles. The molecule has 8 heteroatoms. The molecule has 0 unspecified atom stereocenters. The van der Waals surface area contributed by atoms with Gasteiger partial charge in [0.15, 0.2) is 5.13 Å². The number of likely N-dealkylation sites (N-methyl/N-ethyl adjacent to an activating group) is 1. The van der Waals surface area contributed by atoms with Crippen molar-refractivity contribution < 1.29 is 14.0 Å². The van der Waals surface area contributed by atoms with E-state index < -0.39 is 5.82 Å². The van der Waals surface area contributed by atoms with Gasteiger partial charge in [0.05, 0.1) is 17.8 Å². The molecule has 182 valence electrons. The minimum atomic E-state index is -0.510. The Morgan fingerprint density at radius 3 is 2.77 bits per heavy atom. The van der Waals surface area contributed by atoms with Gasteiger partial charge in [-0.2, -0.15) is 0 Å². The summed E-state index contributed by atoms with van der Waals surface area (Å²) in [7, 11) is 2.02. The zero-order valence-corrected chi connectivity index (χ0v) is 20.6. The van der Waals surface area contributed by atoms with E-state index in [1.54, 1.807) is 17.0 Å². The number of halogens is 1. The van der Waals surface area contributed by atoms with E-state index in [1.165, 1.54) is 42.7 Å². The van der Waals surface area contributed by atoms with Gasteiger partial charge >= 0.3 is 0 Å². The van der Waals surface area contributed by atoms with Crippen molar-refractivity contribution in [1.82, 2.24) is 9.88 Å². The van der Waals surface area contributed by atoms with Crippen molar-refractivity contribution in [3.8, 4) is 11.3 Å². The van der Waals surface area contributed by atoms with Crippen molar-refractivity contribution in [2.24, 2.45) is 0 Å². The first-order chi connectivity index (χ1) is 17.0. The van der Waals surface area contributed by atoms with Crippen molar-refractivity contribution in [3.05, 3.63) is 64.8 Å². The average molecular weight is 493 g/mol. The molecule has 2 aromatic carbocycles. The number of fused-ring (bicyclic) bond motifs is 1. The van der Waals surface area contributed by atoms with Crippen molar-refractivity contribution in [2.45, 2.75) is 44.6 Å². The fraction of sp³-hybridized carbons (Fsp3) is 0.370. The summed E-state index contributed by atoms with van der Waals surface area (Å²) in [5.74, 6) is -0.883. The molecule has 0 atom stereocenters. The number of benzene rings is 2. The van der Waals surface area contributed by atoms with Gasteiger partial charge in [-0.15, -0.1) is 11.3 Å². The number of carbonyl (C=O) groups excluding carboxylic acids is 2. The molecule has 3 aromatic rings. The zero-order chi connectivity index (χ0) is 24.4. The molecule has 5 rings (SSSR count). The van der Waals surface area contributed by atoms with Crippen LogP contribution in [0, 0.1) is 5.82 Å². The number of hydrogen-bond donors (Lipinski definition) is 1. The molecule has 1 N–H and O–H groups in total. The summed E-state index contributed by atoms with van der Waals surface area (Å²) in [4.78, 5) is 33.9. The van der Waals surface area contributed by atoms with Gasteiger partial charge in [0.25, 0.3) is 5.91 Å². The number of hydrogen-bond acceptors (Lipinski definition) is 5. The normalized spacial score (nSPS) is 15.9. The molecule has 1 fully saturated rings. The zero-order valence-electron chi connectivity index (χ0n) is 19.8. The number of aromatic nitrogens is 1. The van der Waals surface area contributed by atoms with E-state index >= 15 is 0 Å². The molecule has 2 amide bonds. The maximum absolute atomic E-state index is 14.1. The van der Waals surface area contributed by atoms with Crippen molar-refractivity contribution in [1.29, 1.82) is 0 Å². The average Bonchev–Trinajstić information content (AvgIpc) is 3.51. The van der Waals surface area contributed by atoms with Gasteiger partial charge < -0.3 is 10.2 Å². The topological polar surface area (TPSA) is 65.5 Å². The molecule has 6 nitrogen and oxygen atoms in total. The number of nitrogens with one attached hydrogen (secondary N) is 1. The summed E-state index contributed by atoms with van der Waals surface area (Å²) < 4.78 is 14.1. The number of rotatable bonds is 6. The van der Waals surface area contributed by atoms with Crippen LogP contribution in [-0.4, -0.2) is 47.9 Å². The van der Waals surface area contributed by atoms with Crippen molar-refractivity contribution in [3.63, 3.8) is 0 Å². The summed E-state index contributed by atoms with van der Waals surface area (Å²) in [6, 6.07) is 12.4. The smallest absolute Gasteiger partial charge is 0.261 e. The molecular formula is C27H29FN4O2S. The summed E-state index contributed by atoms with van der Waals surface area (Å²) in [5.41, 5.74) is 3.63. The largest absolute Gasteiger partial charge is 0.308 e. The van der Waals surface area contributed by atoms with Crippen LogP contribution in [0.3, 0.4) is 0 Å². The maximum atomic E-state index is 14.1. The third-order valence-electron chi connectivity index (χ3n) is 6.96. The van der Waals surface area contributed by atoms with Gasteiger partial charge in [0.1, 0.15) is 5.82 Å². The minimum Gasteiger partial charge on any atom is -0.308 e. The molecule has 0 bridgehead atoms. The van der Waals surface area contributed by atoms with E-state index in [1.807, 2.05) is 30.6 Å². The van der Waals surface area contributed by atoms with Crippen LogP contribution in [-0.2, 0) is 11.2 Å². The SMILES string of the molecule is CN(CC(=O)Nc1nc(-c2ccc3c(c2)CCN3C(=O)c2ccccc2F)cs1)C1CCCCC1. The monoisotopic (exact) mass is 492 g/mol. The van der Waals surface area contributed by atoms with Gasteiger partial charge in [-0.3, -0.25) is 14.5 Å². The lowest BCUT2D eigenvalue weighted by Crippen LogP contribution is -2.39. The van der Waals surface area contributed by atoms with Crippen LogP contribution in [0.15, 0.2) is 47.8 Å². The molecule has 0 saturated heterocycles. The summed E-state index contributed by atoms with van der Waals surface area (Å²) in [6.45, 7) is 0.878. The van der Waals surface area contributed by atoms with Crippen LogP contribution < -0.4 is 10.2 Å². The van der Waals surface area contributed by atoms with Crippen LogP contribution in [0.25, 0.3) is 11.3 Å². The molecule has 1 saturated carbocycles. The maximum Gasteiger partial charge on any atom is 0.261 e. The number of carbonyl (C=O) groups is 2. The van der Waals surface area contributed by atoms with E-state index in [2.05, 4.69) is 15.2 Å². The number of thiazole rings is 1. The summed E-state index contributed by atoms with van der Waals surface area (Å²) >= 11 is 1.41. The minimum absolute atomic E-state index is 0.0461. The van der Waals surface area contributed by atoms with Gasteiger partial charge in [0.2, 0.25) is 5.91 Å². The second kappa shape index (κ2) is 10.3. The van der Waals surface area contributed by atoms with E-state index in [9.17, 15) is 14.0 Å². The fourth-order valence-corrected chi connectivity index (χ4v) is 5.79. The Labute approximate surface area is 208 Å². The predicted octanol–water partition coefficient (Wildman–Crippen LogP) is 5.36. The van der Waals surface area contributed by atoms with E-state index in [-0.39, 0.29) is 17.4 Å². The lowest BCUT2D eigenvalue weighted by molar-refractivity contribution is -0.117. The van der Waals surface area contributed by atoms with Crippen LogP contribution in [0.4, 0.5) is 15.2 Å².